The van der Waals surface area contributed by atoms with Gasteiger partial charge in [0.15, 0.2) is 0 Å². The second-order valence-electron chi connectivity index (χ2n) is 8.84. The number of carboxylic acids is 3. The first kappa shape index (κ1) is 31.8. The molecule has 210 valence electrons. The van der Waals surface area contributed by atoms with Crippen LogP contribution in [0.4, 0.5) is 0 Å². The monoisotopic (exact) mass is 538 g/mol. The molecule has 0 radical (unpaired) electrons. The first-order chi connectivity index (χ1) is 17.7. The van der Waals surface area contributed by atoms with Crippen molar-refractivity contribution >= 4 is 35.6 Å². The summed E-state index contributed by atoms with van der Waals surface area (Å²) in [5, 5.41) is 43.9. The molecule has 0 bridgehead atoms. The lowest BCUT2D eigenvalue weighted by molar-refractivity contribution is -0.143. The molecule has 5 atom stereocenters. The summed E-state index contributed by atoms with van der Waals surface area (Å²) < 4.78 is 0. The molecule has 0 heterocycles. The summed E-state index contributed by atoms with van der Waals surface area (Å²) in [6.45, 7) is 3.34. The molecule has 0 aliphatic rings. The van der Waals surface area contributed by atoms with Crippen molar-refractivity contribution < 1.29 is 49.2 Å². The van der Waals surface area contributed by atoms with E-state index >= 15 is 0 Å². The van der Waals surface area contributed by atoms with Crippen LogP contribution in [0.25, 0.3) is 0 Å². The van der Waals surface area contributed by atoms with Gasteiger partial charge in [-0.15, -0.1) is 0 Å². The zero-order valence-electron chi connectivity index (χ0n) is 21.0. The molecule has 1 aromatic carbocycles. The molecule has 14 nitrogen and oxygen atoms in total. The highest BCUT2D eigenvalue weighted by Gasteiger charge is 2.33. The Morgan fingerprint density at radius 1 is 0.842 bits per heavy atom. The van der Waals surface area contributed by atoms with E-state index in [4.69, 9.17) is 10.8 Å². The molecular formula is C24H34N4O10. The number of hydrogen-bond donors (Lipinski definition) is 8. The third-order valence-corrected chi connectivity index (χ3v) is 5.80. The van der Waals surface area contributed by atoms with Crippen LogP contribution < -0.4 is 21.7 Å². The zero-order valence-corrected chi connectivity index (χ0v) is 21.0. The number of nitrogens with one attached hydrogen (secondary N) is 3. The molecule has 1 rings (SSSR count). The number of amides is 3. The summed E-state index contributed by atoms with van der Waals surface area (Å²) in [4.78, 5) is 72.1. The van der Waals surface area contributed by atoms with Gasteiger partial charge in [-0.2, -0.15) is 0 Å². The maximum absolute atomic E-state index is 13.1. The van der Waals surface area contributed by atoms with Gasteiger partial charge in [-0.1, -0.05) is 32.4 Å². The maximum Gasteiger partial charge on any atom is 0.326 e. The number of carboxylic acid groups (broad SMARTS) is 3. The minimum atomic E-state index is -1.64. The van der Waals surface area contributed by atoms with Gasteiger partial charge in [0.25, 0.3) is 0 Å². The van der Waals surface area contributed by atoms with Crippen LogP contribution in [-0.4, -0.2) is 80.2 Å². The first-order valence-corrected chi connectivity index (χ1v) is 11.9. The fourth-order valence-electron chi connectivity index (χ4n) is 3.36. The van der Waals surface area contributed by atoms with E-state index in [1.807, 2.05) is 0 Å². The smallest absolute Gasteiger partial charge is 0.326 e. The highest BCUT2D eigenvalue weighted by Crippen LogP contribution is 2.13. The second kappa shape index (κ2) is 15.1. The van der Waals surface area contributed by atoms with Crippen LogP contribution >= 0.6 is 0 Å². The summed E-state index contributed by atoms with van der Waals surface area (Å²) >= 11 is 0. The number of nitrogens with two attached hydrogens (primary N) is 1. The van der Waals surface area contributed by atoms with Crippen LogP contribution in [0.3, 0.4) is 0 Å². The summed E-state index contributed by atoms with van der Waals surface area (Å²) in [6, 6.07) is 0.103. The molecule has 14 heteroatoms. The maximum atomic E-state index is 13.1. The summed E-state index contributed by atoms with van der Waals surface area (Å²) in [5.74, 6) is -7.30. The third-order valence-electron chi connectivity index (χ3n) is 5.80. The van der Waals surface area contributed by atoms with Crippen LogP contribution in [-0.2, 0) is 35.2 Å². The minimum absolute atomic E-state index is 0.0185. The van der Waals surface area contributed by atoms with Gasteiger partial charge >= 0.3 is 17.9 Å². The number of hydrogen-bond acceptors (Lipinski definition) is 8. The minimum Gasteiger partial charge on any atom is -0.508 e. The molecule has 0 aliphatic carbocycles. The number of phenols is 1. The molecule has 9 N–H and O–H groups in total. The van der Waals surface area contributed by atoms with Gasteiger partial charge in [-0.3, -0.25) is 24.0 Å². The lowest BCUT2D eigenvalue weighted by atomic mass is 9.96. The first-order valence-electron chi connectivity index (χ1n) is 11.9. The van der Waals surface area contributed by atoms with Crippen molar-refractivity contribution in [2.24, 2.45) is 11.7 Å². The van der Waals surface area contributed by atoms with Crippen LogP contribution in [0, 0.1) is 5.92 Å². The average Bonchev–Trinajstić information content (AvgIpc) is 2.84. The number of carbonyl (C=O) groups excluding carboxylic acids is 3. The number of aliphatic carboxylic acids is 3. The zero-order chi connectivity index (χ0) is 29.0. The largest absolute Gasteiger partial charge is 0.508 e. The van der Waals surface area contributed by atoms with E-state index in [0.29, 0.717) is 12.0 Å². The Morgan fingerprint density at radius 2 is 1.42 bits per heavy atom. The van der Waals surface area contributed by atoms with Gasteiger partial charge in [0.05, 0.1) is 12.5 Å². The summed E-state index contributed by atoms with van der Waals surface area (Å²) in [6.07, 6.45) is -1.26. The van der Waals surface area contributed by atoms with E-state index in [1.165, 1.54) is 24.3 Å². The van der Waals surface area contributed by atoms with Crippen molar-refractivity contribution in [3.63, 3.8) is 0 Å². The standard InChI is InChI=1S/C24H34N4O10/c1-3-12(2)20(23(36)27-17(24(37)38)10-13-4-6-14(29)7-5-13)28-22(35)16(11-19(32)33)26-21(34)15(25)8-9-18(30)31/h4-7,12,15-17,20,29H,3,8-11,25H2,1-2H3,(H,26,34)(H,27,36)(H,28,35)(H,30,31)(H,32,33)(H,37,38). The Morgan fingerprint density at radius 3 is 1.92 bits per heavy atom. The van der Waals surface area contributed by atoms with Crippen molar-refractivity contribution in [3.05, 3.63) is 29.8 Å². The van der Waals surface area contributed by atoms with Crippen molar-refractivity contribution in [3.8, 4) is 5.75 Å². The predicted octanol–water partition coefficient (Wildman–Crippen LogP) is -0.813. The molecule has 0 saturated carbocycles. The van der Waals surface area contributed by atoms with Crippen LogP contribution in [0.2, 0.25) is 0 Å². The Labute approximate surface area is 218 Å². The lowest BCUT2D eigenvalue weighted by Gasteiger charge is -2.27. The van der Waals surface area contributed by atoms with Gasteiger partial charge in [0.1, 0.15) is 23.9 Å². The Hall–Kier alpha value is -4.20. The molecule has 0 aromatic heterocycles. The quantitative estimate of drug-likeness (QED) is 0.129. The molecule has 38 heavy (non-hydrogen) atoms. The Bertz CT molecular complexity index is 1010. The number of benzene rings is 1. The van der Waals surface area contributed by atoms with E-state index in [2.05, 4.69) is 16.0 Å². The van der Waals surface area contributed by atoms with Crippen molar-refractivity contribution in [1.29, 1.82) is 0 Å². The van der Waals surface area contributed by atoms with Gasteiger partial charge < -0.3 is 42.1 Å². The van der Waals surface area contributed by atoms with Gasteiger partial charge in [0, 0.05) is 12.8 Å². The molecule has 3 amide bonds. The van der Waals surface area contributed by atoms with E-state index in [0.717, 1.165) is 0 Å². The fraction of sp³-hybridized carbons (Fsp3) is 0.500. The molecule has 1 aromatic rings. The van der Waals surface area contributed by atoms with Gasteiger partial charge in [0.2, 0.25) is 17.7 Å². The van der Waals surface area contributed by atoms with Crippen LogP contribution in [0.1, 0.15) is 45.1 Å². The Kier molecular flexibility index (Phi) is 12.7. The molecular weight excluding hydrogens is 504 g/mol. The van der Waals surface area contributed by atoms with Crippen molar-refractivity contribution in [2.45, 2.75) is 70.1 Å². The molecule has 0 aliphatic heterocycles. The molecule has 0 spiro atoms. The van der Waals surface area contributed by atoms with Gasteiger partial charge in [-0.25, -0.2) is 4.79 Å². The fourth-order valence-corrected chi connectivity index (χ4v) is 3.36. The molecule has 0 fully saturated rings. The number of phenolic OH excluding ortho intramolecular Hbond substituents is 1. The van der Waals surface area contributed by atoms with E-state index < -0.39 is 78.6 Å². The molecule has 0 saturated heterocycles. The van der Waals surface area contributed by atoms with E-state index in [1.54, 1.807) is 13.8 Å². The van der Waals surface area contributed by atoms with Crippen LogP contribution in [0.5, 0.6) is 5.75 Å². The normalized spacial score (nSPS) is 14.7. The highest BCUT2D eigenvalue weighted by molar-refractivity contribution is 5.95. The van der Waals surface area contributed by atoms with Crippen molar-refractivity contribution in [1.82, 2.24) is 16.0 Å². The van der Waals surface area contributed by atoms with Crippen molar-refractivity contribution in [2.75, 3.05) is 0 Å². The van der Waals surface area contributed by atoms with E-state index in [9.17, 15) is 44.1 Å². The van der Waals surface area contributed by atoms with Crippen LogP contribution in [0.15, 0.2) is 24.3 Å². The topological polar surface area (TPSA) is 245 Å². The molecule has 5 unspecified atom stereocenters. The predicted molar refractivity (Wildman–Crippen MR) is 132 cm³/mol. The number of rotatable bonds is 16. The van der Waals surface area contributed by atoms with E-state index in [-0.39, 0.29) is 18.6 Å². The highest BCUT2D eigenvalue weighted by atomic mass is 16.4. The summed E-state index contributed by atoms with van der Waals surface area (Å²) in [7, 11) is 0. The number of aromatic hydroxyl groups is 1. The third kappa shape index (κ3) is 10.8. The average molecular weight is 539 g/mol. The lowest BCUT2D eigenvalue weighted by Crippen LogP contribution is -2.59. The second-order valence-corrected chi connectivity index (χ2v) is 8.84. The Balaban J connectivity index is 3.03. The number of carbonyl (C=O) groups is 6. The van der Waals surface area contributed by atoms with Gasteiger partial charge in [-0.05, 0) is 30.0 Å². The summed E-state index contributed by atoms with van der Waals surface area (Å²) in [5.41, 5.74) is 6.15. The SMILES string of the molecule is CCC(C)C(NC(=O)C(CC(=O)O)NC(=O)C(N)CCC(=O)O)C(=O)NC(Cc1ccc(O)cc1)C(=O)O.